The van der Waals surface area contributed by atoms with Crippen molar-refractivity contribution in [2.45, 2.75) is 129 Å². The lowest BCUT2D eigenvalue weighted by Crippen LogP contribution is -2.70. The van der Waals surface area contributed by atoms with Crippen molar-refractivity contribution in [2.24, 2.45) is 0 Å². The molecule has 7 nitrogen and oxygen atoms in total. The molecule has 0 aromatic heterocycles. The molecule has 0 saturated carbocycles. The summed E-state index contributed by atoms with van der Waals surface area (Å²) in [5.41, 5.74) is 0. The lowest BCUT2D eigenvalue weighted by atomic mass is 10.00. The van der Waals surface area contributed by atoms with E-state index >= 15 is 0 Å². The van der Waals surface area contributed by atoms with Crippen molar-refractivity contribution in [3.8, 4) is 0 Å². The minimum absolute atomic E-state index is 0.221. The van der Waals surface area contributed by atoms with Crippen LogP contribution in [0.3, 0.4) is 0 Å². The van der Waals surface area contributed by atoms with Crippen LogP contribution in [-0.4, -0.2) is 62.4 Å². The number of carboxylic acid groups (broad SMARTS) is 3. The highest BCUT2D eigenvalue weighted by molar-refractivity contribution is 5.77. The number of carbonyl (C=O) groups is 3. The van der Waals surface area contributed by atoms with Crippen LogP contribution in [0.2, 0.25) is 0 Å². The minimum atomic E-state index is -1.17. The Labute approximate surface area is 200 Å². The van der Waals surface area contributed by atoms with Crippen LogP contribution >= 0.6 is 0 Å². The number of carboxylic acids is 3. The molecule has 0 rings (SSSR count). The summed E-state index contributed by atoms with van der Waals surface area (Å²) in [6, 6.07) is -3.37. The van der Waals surface area contributed by atoms with Crippen LogP contribution in [0.4, 0.5) is 0 Å². The molecule has 0 amide bonds. The molecule has 0 radical (unpaired) electrons. The monoisotopic (exact) mass is 470 g/mol. The van der Waals surface area contributed by atoms with E-state index in [9.17, 15) is 29.7 Å². The third-order valence-corrected chi connectivity index (χ3v) is 7.04. The maximum Gasteiger partial charge on any atom is 0.362 e. The minimum Gasteiger partial charge on any atom is -0.477 e. The maximum absolute atomic E-state index is 11.8. The van der Waals surface area contributed by atoms with E-state index in [0.29, 0.717) is 6.42 Å². The fourth-order valence-corrected chi connectivity index (χ4v) is 4.66. The normalized spacial score (nSPS) is 16.2. The fourth-order valence-electron chi connectivity index (χ4n) is 4.66. The smallest absolute Gasteiger partial charge is 0.362 e. The van der Waals surface area contributed by atoms with Crippen molar-refractivity contribution in [3.05, 3.63) is 12.2 Å². The van der Waals surface area contributed by atoms with Crippen LogP contribution in [0, 0.1) is 0 Å². The zero-order valence-electron chi connectivity index (χ0n) is 21.3. The van der Waals surface area contributed by atoms with Gasteiger partial charge in [0.05, 0.1) is 6.54 Å². The Hall–Kier alpha value is -1.89. The molecule has 0 aromatic rings. The van der Waals surface area contributed by atoms with Gasteiger partial charge in [-0.1, -0.05) is 64.0 Å². The Morgan fingerprint density at radius 3 is 1.30 bits per heavy atom. The molecule has 0 spiro atoms. The second-order valence-electron chi connectivity index (χ2n) is 9.35. The molecule has 3 atom stereocenters. The number of hydrogen-bond donors (Lipinski definition) is 3. The third kappa shape index (κ3) is 11.2. The number of aliphatic carboxylic acids is 3. The maximum atomic E-state index is 11.8. The summed E-state index contributed by atoms with van der Waals surface area (Å²) in [5, 5.41) is 28.8. The van der Waals surface area contributed by atoms with Gasteiger partial charge in [-0.3, -0.25) is 4.48 Å². The van der Waals surface area contributed by atoms with Gasteiger partial charge in [-0.05, 0) is 59.3 Å². The molecule has 3 N–H and O–H groups in total. The highest BCUT2D eigenvalue weighted by Crippen LogP contribution is 2.27. The van der Waals surface area contributed by atoms with E-state index in [-0.39, 0.29) is 6.54 Å². The van der Waals surface area contributed by atoms with Crippen LogP contribution in [0.5, 0.6) is 0 Å². The van der Waals surface area contributed by atoms with Gasteiger partial charge in [-0.15, -0.1) is 0 Å². The van der Waals surface area contributed by atoms with E-state index in [1.165, 1.54) is 65.7 Å². The molecule has 3 unspecified atom stereocenters. The summed E-state index contributed by atoms with van der Waals surface area (Å²) in [5.74, 6) is -3.52. The number of allylic oxidation sites excluding steroid dienone is 2. The van der Waals surface area contributed by atoms with Crippen molar-refractivity contribution < 1.29 is 34.2 Å². The van der Waals surface area contributed by atoms with Gasteiger partial charge in [0.2, 0.25) is 0 Å². The lowest BCUT2D eigenvalue weighted by Gasteiger charge is -2.47. The van der Waals surface area contributed by atoms with Gasteiger partial charge in [0.15, 0.2) is 18.1 Å². The largest absolute Gasteiger partial charge is 0.477 e. The van der Waals surface area contributed by atoms with Crippen molar-refractivity contribution in [1.29, 1.82) is 0 Å². The van der Waals surface area contributed by atoms with Crippen LogP contribution in [0.15, 0.2) is 12.2 Å². The van der Waals surface area contributed by atoms with Crippen LogP contribution in [0.25, 0.3) is 0 Å². The first-order valence-corrected chi connectivity index (χ1v) is 12.8. The second kappa shape index (κ2) is 17.6. The van der Waals surface area contributed by atoms with Gasteiger partial charge in [-0.25, -0.2) is 14.4 Å². The summed E-state index contributed by atoms with van der Waals surface area (Å²) in [6.45, 7) is 6.69. The van der Waals surface area contributed by atoms with Crippen molar-refractivity contribution in [2.75, 3.05) is 6.54 Å². The van der Waals surface area contributed by atoms with E-state index in [4.69, 9.17) is 0 Å². The average Bonchev–Trinajstić information content (AvgIpc) is 2.77. The van der Waals surface area contributed by atoms with Gasteiger partial charge in [0.1, 0.15) is 0 Å². The predicted molar refractivity (Wildman–Crippen MR) is 131 cm³/mol. The number of nitrogens with zero attached hydrogens (tertiary/aromatic N) is 1. The quantitative estimate of drug-likeness (QED) is 0.110. The standard InChI is InChI=1S/C26H47NO6/c1-5-6-7-8-9-10-11-12-13-14-15-16-17-18-19-20-27(21(2)24(28)29,22(3)25(30)31)23(4)26(32)33/h9-10,21-23H,5-8,11-20H2,1-4H3,(H2-,28,29,30,31,32,33)/p+1/b10-9+. The molecule has 0 aromatic carbocycles. The van der Waals surface area contributed by atoms with Crippen molar-refractivity contribution in [3.63, 3.8) is 0 Å². The lowest BCUT2D eigenvalue weighted by molar-refractivity contribution is -0.968. The summed E-state index contributed by atoms with van der Waals surface area (Å²) in [6.07, 6.45) is 19.1. The van der Waals surface area contributed by atoms with E-state index in [1.807, 2.05) is 0 Å². The first kappa shape index (κ1) is 31.1. The molecule has 192 valence electrons. The highest BCUT2D eigenvalue weighted by Gasteiger charge is 2.52. The van der Waals surface area contributed by atoms with E-state index < -0.39 is 40.5 Å². The zero-order valence-corrected chi connectivity index (χ0v) is 21.3. The van der Waals surface area contributed by atoms with Crippen LogP contribution in [0.1, 0.15) is 111 Å². The molecule has 0 fully saturated rings. The molecule has 33 heavy (non-hydrogen) atoms. The topological polar surface area (TPSA) is 112 Å². The highest BCUT2D eigenvalue weighted by atomic mass is 16.4. The van der Waals surface area contributed by atoms with E-state index in [2.05, 4.69) is 19.1 Å². The third-order valence-electron chi connectivity index (χ3n) is 7.04. The molecular formula is C26H48NO6+. The Morgan fingerprint density at radius 1 is 0.606 bits per heavy atom. The number of unbranched alkanes of at least 4 members (excludes halogenated alkanes) is 11. The van der Waals surface area contributed by atoms with Gasteiger partial charge < -0.3 is 15.3 Å². The zero-order chi connectivity index (χ0) is 25.3. The molecule has 0 aliphatic heterocycles. The first-order chi connectivity index (χ1) is 15.6. The first-order valence-electron chi connectivity index (χ1n) is 12.8. The van der Waals surface area contributed by atoms with Gasteiger partial charge in [0.25, 0.3) is 0 Å². The molecule has 7 heteroatoms. The van der Waals surface area contributed by atoms with Crippen LogP contribution < -0.4 is 0 Å². The summed E-state index contributed by atoms with van der Waals surface area (Å²) in [7, 11) is 0. The summed E-state index contributed by atoms with van der Waals surface area (Å²) < 4.78 is -0.480. The van der Waals surface area contributed by atoms with Crippen molar-refractivity contribution >= 4 is 17.9 Å². The summed E-state index contributed by atoms with van der Waals surface area (Å²) in [4.78, 5) is 35.3. The van der Waals surface area contributed by atoms with Crippen LogP contribution in [-0.2, 0) is 14.4 Å². The average molecular weight is 471 g/mol. The Morgan fingerprint density at radius 2 is 0.939 bits per heavy atom. The Balaban J connectivity index is 4.44. The Kier molecular flexibility index (Phi) is 16.6. The molecule has 0 aliphatic carbocycles. The van der Waals surface area contributed by atoms with Gasteiger partial charge in [-0.2, -0.15) is 0 Å². The predicted octanol–water partition coefficient (Wildman–Crippen LogP) is 5.87. The molecule has 0 heterocycles. The van der Waals surface area contributed by atoms with Gasteiger partial charge in [0, 0.05) is 0 Å². The number of rotatable bonds is 21. The molecule has 0 aliphatic rings. The SMILES string of the molecule is CCCCC/C=C/CCCCCCCCCC[N+](C(C)C(=O)O)(C(C)C(=O)O)C(C)C(=O)O. The van der Waals surface area contributed by atoms with E-state index in [0.717, 1.165) is 32.1 Å². The number of hydrogen-bond acceptors (Lipinski definition) is 3. The molecule has 0 bridgehead atoms. The molecular weight excluding hydrogens is 422 g/mol. The second-order valence-corrected chi connectivity index (χ2v) is 9.35. The number of quaternary nitrogens is 1. The van der Waals surface area contributed by atoms with E-state index in [1.54, 1.807) is 0 Å². The van der Waals surface area contributed by atoms with Gasteiger partial charge >= 0.3 is 17.9 Å². The fraction of sp³-hybridized carbons (Fsp3) is 0.808. The summed E-state index contributed by atoms with van der Waals surface area (Å²) >= 11 is 0. The Bertz CT molecular complexity index is 553. The molecule has 0 saturated heterocycles. The van der Waals surface area contributed by atoms with Crippen molar-refractivity contribution in [1.82, 2.24) is 0 Å².